The van der Waals surface area contributed by atoms with Crippen molar-refractivity contribution in [2.45, 2.75) is 26.0 Å². The highest BCUT2D eigenvalue weighted by atomic mass is 35.5. The van der Waals surface area contributed by atoms with E-state index >= 15 is 0 Å². The second-order valence-corrected chi connectivity index (χ2v) is 7.19. The molecule has 25 heavy (non-hydrogen) atoms. The molecule has 0 fully saturated rings. The molecule has 0 saturated heterocycles. The first-order valence-electron chi connectivity index (χ1n) is 7.93. The highest BCUT2D eigenvalue weighted by Crippen LogP contribution is 2.22. The molecule has 2 aromatic carbocycles. The second-order valence-electron chi connectivity index (χ2n) is 6.35. The van der Waals surface area contributed by atoms with Gasteiger partial charge in [-0.15, -0.1) is 0 Å². The Kier molecular flexibility index (Phi) is 7.06. The number of halogens is 2. The van der Waals surface area contributed by atoms with Crippen molar-refractivity contribution in [3.63, 3.8) is 0 Å². The number of carbonyl (C=O) groups excluding carboxylic acids is 1. The molecular formula is C20H21Cl2NO2. The Bertz CT molecular complexity index is 743. The number of hydrogen-bond acceptors (Lipinski definition) is 2. The molecule has 5 heteroatoms. The molecule has 2 aromatic rings. The van der Waals surface area contributed by atoms with Crippen molar-refractivity contribution in [2.24, 2.45) is 0 Å². The van der Waals surface area contributed by atoms with E-state index in [4.69, 9.17) is 27.9 Å². The van der Waals surface area contributed by atoms with E-state index in [9.17, 15) is 4.79 Å². The summed E-state index contributed by atoms with van der Waals surface area (Å²) in [5.41, 5.74) is 1.35. The maximum atomic E-state index is 12.1. The molecule has 0 aliphatic carbocycles. The Balaban J connectivity index is 1.84. The first-order chi connectivity index (χ1) is 11.9. The van der Waals surface area contributed by atoms with Crippen LogP contribution in [0.25, 0.3) is 6.08 Å². The van der Waals surface area contributed by atoms with Crippen LogP contribution < -0.4 is 5.32 Å². The molecule has 0 atom stereocenters. The van der Waals surface area contributed by atoms with Gasteiger partial charge in [0.2, 0.25) is 5.91 Å². The van der Waals surface area contributed by atoms with Crippen molar-refractivity contribution in [3.8, 4) is 0 Å². The summed E-state index contributed by atoms with van der Waals surface area (Å²) in [7, 11) is 0. The van der Waals surface area contributed by atoms with E-state index in [2.05, 4.69) is 5.32 Å². The van der Waals surface area contributed by atoms with Crippen molar-refractivity contribution in [1.82, 2.24) is 5.32 Å². The van der Waals surface area contributed by atoms with Gasteiger partial charge in [0.05, 0.1) is 18.8 Å². The fraction of sp³-hybridized carbons (Fsp3) is 0.250. The summed E-state index contributed by atoms with van der Waals surface area (Å²) in [5, 5.41) is 3.98. The zero-order chi connectivity index (χ0) is 18.3. The normalized spacial score (nSPS) is 11.7. The Labute approximate surface area is 158 Å². The minimum Gasteiger partial charge on any atom is -0.374 e. The Morgan fingerprint density at radius 1 is 1.16 bits per heavy atom. The van der Waals surface area contributed by atoms with Crippen LogP contribution in [-0.4, -0.2) is 18.1 Å². The minimum atomic E-state index is -0.486. The van der Waals surface area contributed by atoms with E-state index in [1.807, 2.05) is 44.2 Å². The molecule has 0 aliphatic heterocycles. The first-order valence-corrected chi connectivity index (χ1v) is 8.68. The van der Waals surface area contributed by atoms with Crippen molar-refractivity contribution >= 4 is 35.2 Å². The highest BCUT2D eigenvalue weighted by molar-refractivity contribution is 6.35. The Hall–Kier alpha value is -1.81. The summed E-state index contributed by atoms with van der Waals surface area (Å²) in [5.74, 6) is -0.209. The SMILES string of the molecule is CC(C)(COCc1ccccc1)NC(=O)/C=C/c1ccc(Cl)cc1Cl. The van der Waals surface area contributed by atoms with Crippen molar-refractivity contribution < 1.29 is 9.53 Å². The predicted molar refractivity (Wildman–Crippen MR) is 104 cm³/mol. The molecule has 1 amide bonds. The Morgan fingerprint density at radius 3 is 2.56 bits per heavy atom. The third-order valence-corrected chi connectivity index (χ3v) is 3.98. The molecule has 3 nitrogen and oxygen atoms in total. The molecule has 0 radical (unpaired) electrons. The molecule has 0 aromatic heterocycles. The molecule has 1 N–H and O–H groups in total. The average molecular weight is 378 g/mol. The van der Waals surface area contributed by atoms with Gasteiger partial charge >= 0.3 is 0 Å². The molecule has 0 spiro atoms. The molecule has 0 bridgehead atoms. The number of rotatable bonds is 7. The van der Waals surface area contributed by atoms with Crippen molar-refractivity contribution in [1.29, 1.82) is 0 Å². The van der Waals surface area contributed by atoms with Crippen molar-refractivity contribution in [2.75, 3.05) is 6.61 Å². The van der Waals surface area contributed by atoms with Gasteiger partial charge in [-0.2, -0.15) is 0 Å². The van der Waals surface area contributed by atoms with Crippen molar-refractivity contribution in [3.05, 3.63) is 75.8 Å². The monoisotopic (exact) mass is 377 g/mol. The topological polar surface area (TPSA) is 38.3 Å². The Morgan fingerprint density at radius 2 is 1.88 bits per heavy atom. The summed E-state index contributed by atoms with van der Waals surface area (Å²) < 4.78 is 5.71. The maximum absolute atomic E-state index is 12.1. The minimum absolute atomic E-state index is 0.209. The largest absolute Gasteiger partial charge is 0.374 e. The number of carbonyl (C=O) groups is 1. The van der Waals surface area contributed by atoms with Gasteiger partial charge in [0.15, 0.2) is 0 Å². The first kappa shape index (κ1) is 19.5. The molecule has 0 unspecified atom stereocenters. The van der Waals surface area contributed by atoms with E-state index in [0.29, 0.717) is 23.3 Å². The highest BCUT2D eigenvalue weighted by Gasteiger charge is 2.19. The number of ether oxygens (including phenoxy) is 1. The molecule has 0 saturated carbocycles. The van der Waals surface area contributed by atoms with Gasteiger partial charge in [-0.05, 0) is 43.2 Å². The van der Waals surface area contributed by atoms with Gasteiger partial charge in [0.1, 0.15) is 0 Å². The van der Waals surface area contributed by atoms with Gasteiger partial charge in [0.25, 0.3) is 0 Å². The zero-order valence-corrected chi connectivity index (χ0v) is 15.8. The quantitative estimate of drug-likeness (QED) is 0.680. The standard InChI is InChI=1S/C20H21Cl2NO2/c1-20(2,14-25-13-15-6-4-3-5-7-15)23-19(24)11-9-16-8-10-17(21)12-18(16)22/h3-12H,13-14H2,1-2H3,(H,23,24)/b11-9+. The van der Waals surface area contributed by atoms with Gasteiger partial charge < -0.3 is 10.1 Å². The fourth-order valence-corrected chi connectivity index (χ4v) is 2.68. The van der Waals surface area contributed by atoms with Crippen LogP contribution in [0.2, 0.25) is 10.0 Å². The molecule has 132 valence electrons. The number of benzene rings is 2. The van der Waals surface area contributed by atoms with E-state index in [-0.39, 0.29) is 5.91 Å². The second kappa shape index (κ2) is 9.04. The van der Waals surface area contributed by atoms with E-state index < -0.39 is 5.54 Å². The third-order valence-electron chi connectivity index (χ3n) is 3.41. The van der Waals surface area contributed by atoms with E-state index in [1.165, 1.54) is 6.08 Å². The van der Waals surface area contributed by atoms with Crippen LogP contribution in [0.15, 0.2) is 54.6 Å². The molecule has 2 rings (SSSR count). The van der Waals surface area contributed by atoms with E-state index in [1.54, 1.807) is 24.3 Å². The number of hydrogen-bond donors (Lipinski definition) is 1. The summed E-state index contributed by atoms with van der Waals surface area (Å²) in [6, 6.07) is 15.1. The van der Waals surface area contributed by atoms with Gasteiger partial charge in [-0.1, -0.05) is 59.6 Å². The van der Waals surface area contributed by atoms with Crippen LogP contribution in [0.1, 0.15) is 25.0 Å². The van der Waals surface area contributed by atoms with Gasteiger partial charge in [-0.25, -0.2) is 0 Å². The smallest absolute Gasteiger partial charge is 0.244 e. The maximum Gasteiger partial charge on any atom is 0.244 e. The van der Waals surface area contributed by atoms with Crippen LogP contribution in [-0.2, 0) is 16.1 Å². The van der Waals surface area contributed by atoms with Gasteiger partial charge in [0, 0.05) is 16.1 Å². The average Bonchev–Trinajstić information content (AvgIpc) is 2.54. The van der Waals surface area contributed by atoms with Crippen LogP contribution >= 0.6 is 23.2 Å². The summed E-state index contributed by atoms with van der Waals surface area (Å²) in [6.45, 7) is 4.75. The summed E-state index contributed by atoms with van der Waals surface area (Å²) in [6.07, 6.45) is 3.11. The summed E-state index contributed by atoms with van der Waals surface area (Å²) in [4.78, 5) is 12.1. The lowest BCUT2D eigenvalue weighted by molar-refractivity contribution is -0.118. The van der Waals surface area contributed by atoms with Gasteiger partial charge in [-0.3, -0.25) is 4.79 Å². The lowest BCUT2D eigenvalue weighted by Crippen LogP contribution is -2.46. The molecule has 0 heterocycles. The molecular weight excluding hydrogens is 357 g/mol. The molecule has 0 aliphatic rings. The van der Waals surface area contributed by atoms with Crippen LogP contribution in [0, 0.1) is 0 Å². The van der Waals surface area contributed by atoms with Crippen LogP contribution in [0.3, 0.4) is 0 Å². The van der Waals surface area contributed by atoms with Crippen LogP contribution in [0.4, 0.5) is 0 Å². The summed E-state index contributed by atoms with van der Waals surface area (Å²) >= 11 is 11.9. The number of nitrogens with one attached hydrogen (secondary N) is 1. The predicted octanol–water partition coefficient (Wildman–Crippen LogP) is 5.12. The van der Waals surface area contributed by atoms with E-state index in [0.717, 1.165) is 11.1 Å². The lowest BCUT2D eigenvalue weighted by Gasteiger charge is -2.25. The van der Waals surface area contributed by atoms with Crippen LogP contribution in [0.5, 0.6) is 0 Å². The zero-order valence-electron chi connectivity index (χ0n) is 14.3. The third kappa shape index (κ3) is 6.91. The number of amides is 1. The lowest BCUT2D eigenvalue weighted by atomic mass is 10.1. The fourth-order valence-electron chi connectivity index (χ4n) is 2.21.